The van der Waals surface area contributed by atoms with Gasteiger partial charge >= 0.3 is 5.69 Å². The van der Waals surface area contributed by atoms with Crippen molar-refractivity contribution >= 4 is 5.69 Å². The van der Waals surface area contributed by atoms with Gasteiger partial charge in [-0.3, -0.25) is 14.3 Å². The van der Waals surface area contributed by atoms with Crippen LogP contribution in [0.1, 0.15) is 26.7 Å². The van der Waals surface area contributed by atoms with Crippen LogP contribution in [-0.2, 0) is 6.54 Å². The molecule has 0 amide bonds. The summed E-state index contributed by atoms with van der Waals surface area (Å²) < 4.78 is 1.35. The molecule has 3 N–H and O–H groups in total. The molecule has 1 aromatic rings. The number of anilines is 1. The Hall–Kier alpha value is -2.03. The molecule has 0 spiro atoms. The minimum absolute atomic E-state index is 0.0177. The molecule has 0 saturated heterocycles. The van der Waals surface area contributed by atoms with Crippen molar-refractivity contribution in [1.29, 1.82) is 5.26 Å². The van der Waals surface area contributed by atoms with Gasteiger partial charge < -0.3 is 5.73 Å². The number of nitrogens with two attached hydrogens (primary N) is 1. The Morgan fingerprint density at radius 2 is 2.18 bits per heavy atom. The van der Waals surface area contributed by atoms with Gasteiger partial charge in [-0.15, -0.1) is 0 Å². The standard InChI is InChI=1S/C11H16N4O2/c1-11(2,7-12)4-3-5-15-6-8(13)9(16)14-10(15)17/h6H,3-5,13H2,1-2H3,(H,14,16,17). The summed E-state index contributed by atoms with van der Waals surface area (Å²) in [7, 11) is 0. The SMILES string of the molecule is CC(C)(C#N)CCCn1cc(N)c(=O)[nH]c1=O. The molecule has 6 nitrogen and oxygen atoms in total. The summed E-state index contributed by atoms with van der Waals surface area (Å²) in [4.78, 5) is 24.6. The van der Waals surface area contributed by atoms with Crippen LogP contribution in [0.2, 0.25) is 0 Å². The molecule has 0 saturated carbocycles. The maximum Gasteiger partial charge on any atom is 0.328 e. The number of nitriles is 1. The summed E-state index contributed by atoms with van der Waals surface area (Å²) in [6.45, 7) is 4.12. The molecule has 92 valence electrons. The second-order valence-corrected chi connectivity index (χ2v) is 4.64. The fourth-order valence-electron chi connectivity index (χ4n) is 1.44. The van der Waals surface area contributed by atoms with E-state index in [0.717, 1.165) is 0 Å². The van der Waals surface area contributed by atoms with Gasteiger partial charge in [0.15, 0.2) is 0 Å². The van der Waals surface area contributed by atoms with Gasteiger partial charge in [-0.1, -0.05) is 0 Å². The largest absolute Gasteiger partial charge is 0.393 e. The zero-order valence-electron chi connectivity index (χ0n) is 9.99. The normalized spacial score (nSPS) is 11.1. The predicted molar refractivity (Wildman–Crippen MR) is 64.4 cm³/mol. The summed E-state index contributed by atoms with van der Waals surface area (Å²) >= 11 is 0. The second kappa shape index (κ2) is 4.87. The average molecular weight is 236 g/mol. The summed E-state index contributed by atoms with van der Waals surface area (Å²) in [5.41, 5.74) is 3.99. The van der Waals surface area contributed by atoms with Crippen LogP contribution in [0.25, 0.3) is 0 Å². The van der Waals surface area contributed by atoms with E-state index in [1.807, 2.05) is 13.8 Å². The lowest BCUT2D eigenvalue weighted by molar-refractivity contribution is 0.412. The number of nitrogens with one attached hydrogen (secondary N) is 1. The Kier molecular flexibility index (Phi) is 3.73. The molecule has 1 heterocycles. The molecule has 0 fully saturated rings. The fourth-order valence-corrected chi connectivity index (χ4v) is 1.44. The number of hydrogen-bond donors (Lipinski definition) is 2. The zero-order chi connectivity index (χ0) is 13.1. The maximum absolute atomic E-state index is 11.4. The molecular formula is C11H16N4O2. The first-order chi connectivity index (χ1) is 7.85. The van der Waals surface area contributed by atoms with Crippen molar-refractivity contribution in [2.45, 2.75) is 33.2 Å². The molecule has 6 heteroatoms. The van der Waals surface area contributed by atoms with Gasteiger partial charge in [0.2, 0.25) is 0 Å². The topological polar surface area (TPSA) is 105 Å². The minimum atomic E-state index is -0.566. The maximum atomic E-state index is 11.4. The van der Waals surface area contributed by atoms with Crippen LogP contribution in [0.15, 0.2) is 15.8 Å². The van der Waals surface area contributed by atoms with Gasteiger partial charge in [0.1, 0.15) is 5.69 Å². The van der Waals surface area contributed by atoms with Crippen molar-refractivity contribution in [2.75, 3.05) is 5.73 Å². The predicted octanol–water partition coefficient (Wildman–Crippen LogP) is 0.449. The van der Waals surface area contributed by atoms with Crippen molar-refractivity contribution in [3.8, 4) is 6.07 Å². The number of rotatable bonds is 4. The number of hydrogen-bond acceptors (Lipinski definition) is 4. The molecule has 0 unspecified atom stereocenters. The number of H-pyrrole nitrogens is 1. The highest BCUT2D eigenvalue weighted by molar-refractivity contribution is 5.30. The Morgan fingerprint density at radius 1 is 1.53 bits per heavy atom. The Balaban J connectivity index is 2.72. The molecule has 0 bridgehead atoms. The summed E-state index contributed by atoms with van der Waals surface area (Å²) in [5.74, 6) is 0. The molecule has 1 aromatic heterocycles. The third kappa shape index (κ3) is 3.48. The highest BCUT2D eigenvalue weighted by atomic mass is 16.2. The fraction of sp³-hybridized carbons (Fsp3) is 0.545. The van der Waals surface area contributed by atoms with Crippen LogP contribution in [0.4, 0.5) is 5.69 Å². The quantitative estimate of drug-likeness (QED) is 0.791. The van der Waals surface area contributed by atoms with Crippen LogP contribution >= 0.6 is 0 Å². The van der Waals surface area contributed by atoms with E-state index in [4.69, 9.17) is 11.0 Å². The number of aryl methyl sites for hydroxylation is 1. The summed E-state index contributed by atoms with van der Waals surface area (Å²) in [6, 6.07) is 2.19. The van der Waals surface area contributed by atoms with Crippen LogP contribution in [0.3, 0.4) is 0 Å². The van der Waals surface area contributed by atoms with E-state index in [1.54, 1.807) is 0 Å². The van der Waals surface area contributed by atoms with Gasteiger partial charge in [-0.05, 0) is 26.7 Å². The third-order valence-corrected chi connectivity index (χ3v) is 2.54. The Morgan fingerprint density at radius 3 is 2.76 bits per heavy atom. The van der Waals surface area contributed by atoms with E-state index in [1.165, 1.54) is 10.8 Å². The molecule has 0 aliphatic heterocycles. The highest BCUT2D eigenvalue weighted by Gasteiger charge is 2.15. The van der Waals surface area contributed by atoms with Gasteiger partial charge in [0, 0.05) is 12.7 Å². The Labute approximate surface area is 98.7 Å². The molecular weight excluding hydrogens is 220 g/mol. The number of aromatic amines is 1. The molecule has 0 atom stereocenters. The van der Waals surface area contributed by atoms with Crippen LogP contribution in [-0.4, -0.2) is 9.55 Å². The number of aromatic nitrogens is 2. The smallest absolute Gasteiger partial charge is 0.328 e. The summed E-state index contributed by atoms with van der Waals surface area (Å²) in [6.07, 6.45) is 2.68. The van der Waals surface area contributed by atoms with E-state index >= 15 is 0 Å². The molecule has 0 radical (unpaired) electrons. The first kappa shape index (κ1) is 13.0. The second-order valence-electron chi connectivity index (χ2n) is 4.64. The lowest BCUT2D eigenvalue weighted by Crippen LogP contribution is -2.31. The zero-order valence-corrected chi connectivity index (χ0v) is 9.99. The molecule has 0 aromatic carbocycles. The van der Waals surface area contributed by atoms with Gasteiger partial charge in [-0.2, -0.15) is 5.26 Å². The Bertz CT molecular complexity index is 548. The van der Waals surface area contributed by atoms with Crippen molar-refractivity contribution in [2.24, 2.45) is 5.41 Å². The lowest BCUT2D eigenvalue weighted by atomic mass is 9.90. The van der Waals surface area contributed by atoms with Gasteiger partial charge in [0.25, 0.3) is 5.56 Å². The highest BCUT2D eigenvalue weighted by Crippen LogP contribution is 2.20. The van der Waals surface area contributed by atoms with Crippen LogP contribution < -0.4 is 17.0 Å². The van der Waals surface area contributed by atoms with E-state index in [0.29, 0.717) is 19.4 Å². The monoisotopic (exact) mass is 236 g/mol. The number of nitrogen functional groups attached to an aromatic ring is 1. The minimum Gasteiger partial charge on any atom is -0.393 e. The first-order valence-corrected chi connectivity index (χ1v) is 5.36. The molecule has 0 aliphatic carbocycles. The van der Waals surface area contributed by atoms with Gasteiger partial charge in [-0.25, -0.2) is 4.79 Å². The first-order valence-electron chi connectivity index (χ1n) is 5.36. The number of nitrogens with zero attached hydrogens (tertiary/aromatic N) is 2. The van der Waals surface area contributed by atoms with E-state index in [-0.39, 0.29) is 5.69 Å². The molecule has 17 heavy (non-hydrogen) atoms. The van der Waals surface area contributed by atoms with Gasteiger partial charge in [0.05, 0.1) is 11.5 Å². The van der Waals surface area contributed by atoms with E-state index in [2.05, 4.69) is 11.1 Å². The van der Waals surface area contributed by atoms with Crippen molar-refractivity contribution in [1.82, 2.24) is 9.55 Å². The average Bonchev–Trinajstić information content (AvgIpc) is 2.25. The van der Waals surface area contributed by atoms with Crippen molar-refractivity contribution < 1.29 is 0 Å². The molecule has 0 aliphatic rings. The van der Waals surface area contributed by atoms with Crippen LogP contribution in [0.5, 0.6) is 0 Å². The van der Waals surface area contributed by atoms with E-state index < -0.39 is 16.7 Å². The lowest BCUT2D eigenvalue weighted by Gasteiger charge is -2.14. The van der Waals surface area contributed by atoms with Crippen molar-refractivity contribution in [3.05, 3.63) is 27.0 Å². The third-order valence-electron chi connectivity index (χ3n) is 2.54. The summed E-state index contributed by atoms with van der Waals surface area (Å²) in [5, 5.41) is 8.84. The van der Waals surface area contributed by atoms with Crippen molar-refractivity contribution in [3.63, 3.8) is 0 Å². The van der Waals surface area contributed by atoms with Crippen LogP contribution in [0, 0.1) is 16.7 Å². The van der Waals surface area contributed by atoms with E-state index in [9.17, 15) is 9.59 Å². The molecule has 1 rings (SSSR count).